The topological polar surface area (TPSA) is 111 Å². The molecule has 0 fully saturated rings. The van der Waals surface area contributed by atoms with Crippen molar-refractivity contribution in [1.29, 1.82) is 0 Å². The number of amides is 2. The summed E-state index contributed by atoms with van der Waals surface area (Å²) in [5.74, 6) is 0.0810. The molecule has 5 N–H and O–H groups in total. The van der Waals surface area contributed by atoms with Gasteiger partial charge in [-0.05, 0) is 42.5 Å². The van der Waals surface area contributed by atoms with Crippen LogP contribution >= 0.6 is 23.1 Å². The van der Waals surface area contributed by atoms with Crippen molar-refractivity contribution in [3.63, 3.8) is 0 Å². The molecule has 29 heavy (non-hydrogen) atoms. The summed E-state index contributed by atoms with van der Waals surface area (Å²) < 4.78 is 0. The van der Waals surface area contributed by atoms with Crippen LogP contribution in [0.25, 0.3) is 0 Å². The maximum absolute atomic E-state index is 12.8. The van der Waals surface area contributed by atoms with E-state index in [1.165, 1.54) is 11.3 Å². The number of carbonyl (C=O) groups excluding carboxylic acids is 2. The lowest BCUT2D eigenvalue weighted by Crippen LogP contribution is -2.28. The van der Waals surface area contributed by atoms with Gasteiger partial charge in [-0.2, -0.15) is 0 Å². The molecule has 2 amide bonds. The SMILES string of the molecule is CC(C)(C)c1cc(NC(=O)c2ccc([C@]3(C)CCSC(N)=N3)cc2)c(C(N)=O)s1. The Kier molecular flexibility index (Phi) is 5.78. The smallest absolute Gasteiger partial charge is 0.260 e. The van der Waals surface area contributed by atoms with Crippen LogP contribution in [0.1, 0.15) is 64.6 Å². The predicted octanol–water partition coefficient (Wildman–Crippen LogP) is 4.06. The van der Waals surface area contributed by atoms with Crippen molar-refractivity contribution in [2.45, 2.75) is 45.1 Å². The van der Waals surface area contributed by atoms with Gasteiger partial charge in [0, 0.05) is 16.2 Å². The maximum Gasteiger partial charge on any atom is 0.260 e. The Labute approximate surface area is 179 Å². The van der Waals surface area contributed by atoms with E-state index in [4.69, 9.17) is 11.5 Å². The number of thiophene rings is 1. The Morgan fingerprint density at radius 3 is 2.41 bits per heavy atom. The summed E-state index contributed by atoms with van der Waals surface area (Å²) in [6.07, 6.45) is 0.885. The van der Waals surface area contributed by atoms with Crippen LogP contribution in [0.2, 0.25) is 0 Å². The lowest BCUT2D eigenvalue weighted by Gasteiger charge is -2.29. The number of amidine groups is 1. The number of nitrogens with two attached hydrogens (primary N) is 2. The standard InChI is InChI=1S/C21H26N4O2S2/c1-20(2,3)15-11-14(16(29-15)17(22)26)24-18(27)12-5-7-13(8-6-12)21(4)9-10-28-19(23)25-21/h5-8,11H,9-10H2,1-4H3,(H2,22,26)(H2,23,25)(H,24,27)/t21-/m0/s1. The van der Waals surface area contributed by atoms with Crippen LogP contribution in [0, 0.1) is 0 Å². The molecule has 2 heterocycles. The number of aliphatic imine (C=N–C) groups is 1. The van der Waals surface area contributed by atoms with E-state index >= 15 is 0 Å². The van der Waals surface area contributed by atoms with E-state index in [0.29, 0.717) is 21.3 Å². The molecule has 154 valence electrons. The largest absolute Gasteiger partial charge is 0.379 e. The van der Waals surface area contributed by atoms with Crippen LogP contribution in [0.15, 0.2) is 35.3 Å². The Bertz CT molecular complexity index is 974. The molecule has 0 bridgehead atoms. The molecule has 1 aliphatic rings. The van der Waals surface area contributed by atoms with Crippen molar-refractivity contribution >= 4 is 45.8 Å². The molecule has 8 heteroatoms. The van der Waals surface area contributed by atoms with Crippen LogP contribution < -0.4 is 16.8 Å². The van der Waals surface area contributed by atoms with Gasteiger partial charge in [0.25, 0.3) is 11.8 Å². The molecule has 0 radical (unpaired) electrons. The van der Waals surface area contributed by atoms with E-state index in [0.717, 1.165) is 22.6 Å². The number of carbonyl (C=O) groups is 2. The van der Waals surface area contributed by atoms with Gasteiger partial charge in [0.2, 0.25) is 0 Å². The van der Waals surface area contributed by atoms with E-state index in [-0.39, 0.29) is 16.9 Å². The first kappa shape index (κ1) is 21.4. The summed E-state index contributed by atoms with van der Waals surface area (Å²) in [7, 11) is 0. The highest BCUT2D eigenvalue weighted by atomic mass is 32.2. The molecule has 6 nitrogen and oxygen atoms in total. The quantitative estimate of drug-likeness (QED) is 0.679. The molecule has 0 saturated carbocycles. The van der Waals surface area contributed by atoms with Crippen LogP contribution in [-0.4, -0.2) is 22.7 Å². The minimum Gasteiger partial charge on any atom is -0.379 e. The normalized spacial score (nSPS) is 19.5. The highest BCUT2D eigenvalue weighted by Crippen LogP contribution is 2.36. The number of anilines is 1. The van der Waals surface area contributed by atoms with E-state index in [1.54, 1.807) is 23.9 Å². The first-order valence-electron chi connectivity index (χ1n) is 9.34. The molecule has 0 spiro atoms. The second-order valence-corrected chi connectivity index (χ2v) is 10.5. The highest BCUT2D eigenvalue weighted by Gasteiger charge is 2.29. The first-order chi connectivity index (χ1) is 13.5. The van der Waals surface area contributed by atoms with Gasteiger partial charge in [-0.15, -0.1) is 11.3 Å². The van der Waals surface area contributed by atoms with Crippen LogP contribution in [0.3, 0.4) is 0 Å². The number of thioether (sulfide) groups is 1. The van der Waals surface area contributed by atoms with Gasteiger partial charge in [0.15, 0.2) is 5.17 Å². The number of rotatable bonds is 4. The molecule has 0 unspecified atom stereocenters. The Morgan fingerprint density at radius 2 is 1.86 bits per heavy atom. The van der Waals surface area contributed by atoms with Crippen molar-refractivity contribution in [1.82, 2.24) is 0 Å². The van der Waals surface area contributed by atoms with Gasteiger partial charge in [-0.1, -0.05) is 44.7 Å². The molecule has 3 rings (SSSR count). The summed E-state index contributed by atoms with van der Waals surface area (Å²) in [5.41, 5.74) is 12.9. The van der Waals surface area contributed by atoms with Crippen molar-refractivity contribution in [2.75, 3.05) is 11.1 Å². The number of hydrogen-bond acceptors (Lipinski definition) is 6. The van der Waals surface area contributed by atoms with Crippen LogP contribution in [-0.2, 0) is 11.0 Å². The third-order valence-electron chi connectivity index (χ3n) is 4.91. The lowest BCUT2D eigenvalue weighted by molar-refractivity contribution is 0.100. The van der Waals surface area contributed by atoms with Crippen molar-refractivity contribution in [3.8, 4) is 0 Å². The molecule has 1 aromatic carbocycles. The summed E-state index contributed by atoms with van der Waals surface area (Å²) in [6, 6.07) is 9.18. The third-order valence-corrected chi connectivity index (χ3v) is 7.28. The average molecular weight is 431 g/mol. The summed E-state index contributed by atoms with van der Waals surface area (Å²) in [4.78, 5) is 30.5. The average Bonchev–Trinajstić information content (AvgIpc) is 3.06. The van der Waals surface area contributed by atoms with Gasteiger partial charge in [-0.3, -0.25) is 14.6 Å². The van der Waals surface area contributed by atoms with Gasteiger partial charge >= 0.3 is 0 Å². The molecule has 1 aliphatic heterocycles. The van der Waals surface area contributed by atoms with Gasteiger partial charge in [0.1, 0.15) is 4.88 Å². The number of nitrogens with zero attached hydrogens (tertiary/aromatic N) is 1. The molecule has 2 aromatic rings. The summed E-state index contributed by atoms with van der Waals surface area (Å²) in [6.45, 7) is 8.20. The highest BCUT2D eigenvalue weighted by molar-refractivity contribution is 8.13. The van der Waals surface area contributed by atoms with Crippen molar-refractivity contribution < 1.29 is 9.59 Å². The Hall–Kier alpha value is -2.32. The number of primary amides is 1. The third kappa shape index (κ3) is 4.64. The minimum absolute atomic E-state index is 0.143. The number of nitrogens with one attached hydrogen (secondary N) is 1. The molecule has 0 saturated heterocycles. The zero-order valence-electron chi connectivity index (χ0n) is 17.0. The van der Waals surface area contributed by atoms with E-state index in [1.807, 2.05) is 45.9 Å². The van der Waals surface area contributed by atoms with Crippen molar-refractivity contribution in [2.24, 2.45) is 16.5 Å². The van der Waals surface area contributed by atoms with Gasteiger partial charge in [0.05, 0.1) is 11.2 Å². The summed E-state index contributed by atoms with van der Waals surface area (Å²) in [5, 5.41) is 3.43. The molecule has 1 aromatic heterocycles. The van der Waals surface area contributed by atoms with E-state index in [2.05, 4.69) is 10.3 Å². The lowest BCUT2D eigenvalue weighted by atomic mass is 9.89. The second-order valence-electron chi connectivity index (χ2n) is 8.32. The zero-order chi connectivity index (χ0) is 21.4. The fourth-order valence-electron chi connectivity index (χ4n) is 3.11. The van der Waals surface area contributed by atoms with Gasteiger partial charge in [-0.25, -0.2) is 0 Å². The van der Waals surface area contributed by atoms with E-state index in [9.17, 15) is 9.59 Å². The minimum atomic E-state index is -0.547. The summed E-state index contributed by atoms with van der Waals surface area (Å²) >= 11 is 2.87. The molecule has 1 atom stereocenters. The zero-order valence-corrected chi connectivity index (χ0v) is 18.7. The molecular formula is C21H26N4O2S2. The van der Waals surface area contributed by atoms with Crippen LogP contribution in [0.4, 0.5) is 5.69 Å². The van der Waals surface area contributed by atoms with E-state index < -0.39 is 5.91 Å². The maximum atomic E-state index is 12.8. The fraction of sp³-hybridized carbons (Fsp3) is 0.381. The Balaban J connectivity index is 1.83. The molecular weight excluding hydrogens is 404 g/mol. The second kappa shape index (κ2) is 7.84. The van der Waals surface area contributed by atoms with Crippen LogP contribution in [0.5, 0.6) is 0 Å². The predicted molar refractivity (Wildman–Crippen MR) is 122 cm³/mol. The number of benzene rings is 1. The van der Waals surface area contributed by atoms with Crippen molar-refractivity contribution in [3.05, 3.63) is 51.2 Å². The monoisotopic (exact) mass is 430 g/mol. The first-order valence-corrected chi connectivity index (χ1v) is 11.1. The molecule has 0 aliphatic carbocycles. The van der Waals surface area contributed by atoms with Gasteiger partial charge < -0.3 is 16.8 Å². The Morgan fingerprint density at radius 1 is 1.21 bits per heavy atom. The number of hydrogen-bond donors (Lipinski definition) is 3. The fourth-order valence-corrected chi connectivity index (χ4v) is 5.10.